The molecular weight excluding hydrogens is 1400 g/mol. The fraction of sp³-hybridized carbons (Fsp3) is 0.282. The first-order valence-electron chi connectivity index (χ1n) is 33.2. The predicted octanol–water partition coefficient (Wildman–Crippen LogP) is 13.0. The van der Waals surface area contributed by atoms with E-state index in [4.69, 9.17) is 63.0 Å². The molecule has 103 heavy (non-hydrogen) atoms. The van der Waals surface area contributed by atoms with E-state index in [1.165, 1.54) is 83.8 Å². The molecule has 3 aliphatic rings. The van der Waals surface area contributed by atoms with E-state index in [1.54, 1.807) is 91.0 Å². The van der Waals surface area contributed by atoms with Crippen molar-refractivity contribution in [2.24, 2.45) is 0 Å². The molecule has 3 aliphatic carbocycles. The Kier molecular flexibility index (Phi) is 20.3. The second kappa shape index (κ2) is 29.6. The second-order valence-electron chi connectivity index (χ2n) is 25.1. The minimum Gasteiger partial charge on any atom is -0.497 e. The Morgan fingerprint density at radius 2 is 0.689 bits per heavy atom. The number of aryl methyl sites for hydroxylation is 1. The van der Waals surface area contributed by atoms with Crippen LogP contribution in [-0.2, 0) is 30.1 Å². The highest BCUT2D eigenvalue weighted by atomic mass is 35.5. The van der Waals surface area contributed by atoms with Gasteiger partial charge in [-0.15, -0.1) is 0 Å². The molecule has 15 rings (SSSR count). The number of sulfonamides is 3. The van der Waals surface area contributed by atoms with Crippen LogP contribution in [0.4, 0.5) is 34.5 Å². The van der Waals surface area contributed by atoms with E-state index in [1.807, 2.05) is 21.0 Å². The normalized spacial score (nSPS) is 14.5. The van der Waals surface area contributed by atoms with Gasteiger partial charge >= 0.3 is 0 Å². The summed E-state index contributed by atoms with van der Waals surface area (Å²) in [5, 5.41) is 17.1. The summed E-state index contributed by atoms with van der Waals surface area (Å²) < 4.78 is 113. The molecule has 3 saturated carbocycles. The molecule has 6 aromatic heterocycles. The minimum absolute atomic E-state index is 0.0919. The van der Waals surface area contributed by atoms with Crippen LogP contribution in [0, 0.1) is 6.92 Å². The van der Waals surface area contributed by atoms with E-state index < -0.39 is 30.1 Å². The Morgan fingerprint density at radius 3 is 0.981 bits per heavy atom. The Bertz CT molecular complexity index is 5250. The van der Waals surface area contributed by atoms with Gasteiger partial charge in [0.1, 0.15) is 76.5 Å². The van der Waals surface area contributed by atoms with E-state index in [2.05, 4.69) is 44.1 Å². The average molecular weight is 1470 g/mol. The average Bonchev–Trinajstić information content (AvgIpc) is 1.63. The van der Waals surface area contributed by atoms with Gasteiger partial charge in [0.15, 0.2) is 16.9 Å². The van der Waals surface area contributed by atoms with Crippen molar-refractivity contribution in [2.75, 3.05) is 59.8 Å². The molecule has 3 fully saturated rings. The molecule has 12 aromatic rings. The molecule has 0 radical (unpaired) electrons. The summed E-state index contributed by atoms with van der Waals surface area (Å²) in [4.78, 5) is 26.3. The molecular formula is C71H75ClN18O10S3. The number of halogens is 1. The van der Waals surface area contributed by atoms with Crippen molar-refractivity contribution in [3.8, 4) is 56.8 Å². The third kappa shape index (κ3) is 14.7. The van der Waals surface area contributed by atoms with Crippen LogP contribution in [0.5, 0.6) is 23.0 Å². The van der Waals surface area contributed by atoms with Gasteiger partial charge in [0.25, 0.3) is 30.1 Å². The Balaban J connectivity index is 0.000000138. The summed E-state index contributed by atoms with van der Waals surface area (Å²) in [6, 6.07) is 35.0. The molecule has 0 atom stereocenters. The third-order valence-electron chi connectivity index (χ3n) is 18.5. The maximum Gasteiger partial charge on any atom is 0.262 e. The topological polar surface area (TPSA) is 384 Å². The lowest BCUT2D eigenvalue weighted by Crippen LogP contribution is -2.13. The summed E-state index contributed by atoms with van der Waals surface area (Å²) in [5.74, 6) is 2.67. The van der Waals surface area contributed by atoms with Gasteiger partial charge in [-0.1, -0.05) is 86.0 Å². The maximum atomic E-state index is 12.9. The number of rotatable bonds is 19. The highest BCUT2D eigenvalue weighted by Gasteiger charge is 2.30. The number of aromatic nitrogens is 12. The maximum absolute atomic E-state index is 12.9. The van der Waals surface area contributed by atoms with Crippen LogP contribution in [0.2, 0.25) is 5.02 Å². The number of benzene rings is 6. The van der Waals surface area contributed by atoms with Crippen molar-refractivity contribution >= 4 is 109 Å². The number of hydrogen-bond donors (Lipinski definition) is 6. The van der Waals surface area contributed by atoms with Crippen LogP contribution in [0.1, 0.15) is 101 Å². The van der Waals surface area contributed by atoms with Crippen molar-refractivity contribution < 1.29 is 44.2 Å². The molecule has 6 aromatic carbocycles. The summed E-state index contributed by atoms with van der Waals surface area (Å²) in [6.45, 7) is 1.90. The first-order valence-corrected chi connectivity index (χ1v) is 38.0. The van der Waals surface area contributed by atoms with Crippen LogP contribution >= 0.6 is 11.6 Å². The molecule has 28 nitrogen and oxygen atoms in total. The molecule has 0 saturated heterocycles. The number of hydrogen-bond acceptors (Lipinski definition) is 22. The largest absolute Gasteiger partial charge is 0.497 e. The van der Waals surface area contributed by atoms with Gasteiger partial charge in [0.05, 0.1) is 94.5 Å². The van der Waals surface area contributed by atoms with E-state index in [-0.39, 0.29) is 32.8 Å². The number of fused-ring (bicyclic) bond motifs is 3. The Labute approximate surface area is 599 Å². The van der Waals surface area contributed by atoms with Gasteiger partial charge < -0.3 is 36.1 Å². The molecule has 0 amide bonds. The molecule has 0 unspecified atom stereocenters. The fourth-order valence-corrected chi connectivity index (χ4v) is 16.6. The zero-order valence-electron chi connectivity index (χ0n) is 56.9. The summed E-state index contributed by atoms with van der Waals surface area (Å²) in [5.41, 5.74) is 26.8. The minimum atomic E-state index is -3.84. The van der Waals surface area contributed by atoms with Gasteiger partial charge in [0, 0.05) is 21.7 Å². The van der Waals surface area contributed by atoms with Gasteiger partial charge in [-0.05, 0) is 143 Å². The van der Waals surface area contributed by atoms with Crippen molar-refractivity contribution in [3.63, 3.8) is 0 Å². The second-order valence-corrected chi connectivity index (χ2v) is 30.6. The molecule has 0 aliphatic heterocycles. The first-order chi connectivity index (χ1) is 49.6. The monoisotopic (exact) mass is 1470 g/mol. The van der Waals surface area contributed by atoms with Crippen LogP contribution in [0.3, 0.4) is 0 Å². The quantitative estimate of drug-likeness (QED) is 0.0438. The SMILES string of the molecule is COc1cc(-c2nn(C3CCCC3)c3ncnc(N)c23)ccc1NS(=O)(=O)c1ccc(C)cc1.COc1cc(-c2nn(C3CCCC3)c3ncnc(N)c23)ccc1NS(=O)(=O)c1ccc(Cl)cc1.COc1ccc(S(=O)(=O)Nc2ccc(-c3nn(C4CCCC4)c4ncnc(N)c34)cc2OC)cc1. The highest BCUT2D eigenvalue weighted by Crippen LogP contribution is 2.44. The van der Waals surface area contributed by atoms with Crippen molar-refractivity contribution in [1.29, 1.82) is 0 Å². The summed E-state index contributed by atoms with van der Waals surface area (Å²) in [6.07, 6.45) is 17.5. The molecule has 0 bridgehead atoms. The smallest absolute Gasteiger partial charge is 0.262 e. The summed E-state index contributed by atoms with van der Waals surface area (Å²) >= 11 is 5.88. The third-order valence-corrected chi connectivity index (χ3v) is 22.9. The predicted molar refractivity (Wildman–Crippen MR) is 396 cm³/mol. The zero-order valence-corrected chi connectivity index (χ0v) is 60.1. The van der Waals surface area contributed by atoms with E-state index in [9.17, 15) is 25.3 Å². The molecule has 9 N–H and O–H groups in total. The number of ether oxygens (including phenoxy) is 4. The first kappa shape index (κ1) is 70.5. The van der Waals surface area contributed by atoms with Crippen molar-refractivity contribution in [3.05, 3.63) is 157 Å². The lowest BCUT2D eigenvalue weighted by molar-refractivity contribution is 0.414. The molecule has 32 heteroatoms. The van der Waals surface area contributed by atoms with E-state index in [0.29, 0.717) is 113 Å². The number of nitrogens with zero attached hydrogens (tertiary/aromatic N) is 12. The van der Waals surface area contributed by atoms with Crippen LogP contribution in [0.15, 0.2) is 161 Å². The van der Waals surface area contributed by atoms with E-state index >= 15 is 0 Å². The zero-order chi connectivity index (χ0) is 72.3. The van der Waals surface area contributed by atoms with Crippen molar-refractivity contribution in [2.45, 2.75) is 117 Å². The number of anilines is 6. The lowest BCUT2D eigenvalue weighted by Gasteiger charge is -2.13. The van der Waals surface area contributed by atoms with Gasteiger partial charge in [-0.2, -0.15) is 15.3 Å². The Morgan fingerprint density at radius 1 is 0.398 bits per heavy atom. The van der Waals surface area contributed by atoms with Crippen LogP contribution in [0.25, 0.3) is 66.9 Å². The van der Waals surface area contributed by atoms with Crippen LogP contribution in [-0.4, -0.2) is 113 Å². The summed E-state index contributed by atoms with van der Waals surface area (Å²) in [7, 11) is -5.48. The van der Waals surface area contributed by atoms with Gasteiger partial charge in [-0.25, -0.2) is 69.2 Å². The standard InChI is InChI=1S/C24H26N6O4S.C24H26N6O3S.C23H23ClN6O3S/c1-33-17-8-10-18(11-9-17)35(31,32)29-19-12-7-15(13-20(19)34-2)22-21-23(25)26-14-27-24(21)30(28-22)16-5-3-4-6-16;1-15-7-10-18(11-8-15)34(31,32)29-19-12-9-16(13-20(19)33-2)22-21-23(25)26-14-27-24(21)30(28-22)17-5-3-4-6-17;1-33-19-12-14(6-11-18(19)29-34(31,32)17-9-7-15(24)8-10-17)21-20-22(25)26-13-27-23(20)30(28-21)16-4-2-3-5-16/h7-14,16,29H,3-6H2,1-2H3,(H2,25,26,27);7-14,17,29H,3-6H2,1-2H3,(H2,25,26,27);6-13,16,29H,2-5H2,1H3,(H2,25,26,27). The molecule has 534 valence electrons. The van der Waals surface area contributed by atoms with Crippen LogP contribution < -0.4 is 50.3 Å². The number of methoxy groups -OCH3 is 4. The number of nitrogens with two attached hydrogens (primary N) is 3. The fourth-order valence-electron chi connectivity index (χ4n) is 13.3. The Hall–Kier alpha value is -10.9. The van der Waals surface area contributed by atoms with Crippen molar-refractivity contribution in [1.82, 2.24) is 59.2 Å². The highest BCUT2D eigenvalue weighted by molar-refractivity contribution is 7.93. The lowest BCUT2D eigenvalue weighted by atomic mass is 10.1. The van der Waals surface area contributed by atoms with E-state index in [0.717, 1.165) is 99.3 Å². The number of nitrogen functional groups attached to an aromatic ring is 3. The molecule has 6 heterocycles. The van der Waals surface area contributed by atoms with Gasteiger partial charge in [0.2, 0.25) is 0 Å². The van der Waals surface area contributed by atoms with Gasteiger partial charge in [-0.3, -0.25) is 14.2 Å². The molecule has 0 spiro atoms. The number of nitrogens with one attached hydrogen (secondary N) is 3.